The summed E-state index contributed by atoms with van der Waals surface area (Å²) >= 11 is 0. The third kappa shape index (κ3) is 3.30. The predicted molar refractivity (Wildman–Crippen MR) is 69.0 cm³/mol. The molecule has 1 aromatic carbocycles. The minimum absolute atomic E-state index is 0.123. The van der Waals surface area contributed by atoms with Crippen molar-refractivity contribution in [2.24, 2.45) is 5.92 Å². The number of nitrogens with zero attached hydrogens (tertiary/aromatic N) is 1. The van der Waals surface area contributed by atoms with Gasteiger partial charge in [0, 0.05) is 19.2 Å². The van der Waals surface area contributed by atoms with Gasteiger partial charge in [-0.25, -0.2) is 0 Å². The molecule has 3 nitrogen and oxygen atoms in total. The highest BCUT2D eigenvalue weighted by molar-refractivity contribution is 5.93. The molecule has 0 bridgehead atoms. The Morgan fingerprint density at radius 1 is 1.35 bits per heavy atom. The highest BCUT2D eigenvalue weighted by Gasteiger charge is 2.17. The fourth-order valence-corrected chi connectivity index (χ4v) is 2.07. The van der Waals surface area contributed by atoms with Gasteiger partial charge in [0.2, 0.25) is 0 Å². The zero-order valence-corrected chi connectivity index (χ0v) is 10.4. The summed E-state index contributed by atoms with van der Waals surface area (Å²) in [4.78, 5) is 13.8. The van der Waals surface area contributed by atoms with Crippen molar-refractivity contribution in [3.8, 4) is 0 Å². The van der Waals surface area contributed by atoms with Crippen LogP contribution < -0.4 is 5.32 Å². The summed E-state index contributed by atoms with van der Waals surface area (Å²) in [6.45, 7) is 3.15. The maximum absolute atomic E-state index is 12.0. The van der Waals surface area contributed by atoms with Gasteiger partial charge in [0.05, 0.1) is 0 Å². The maximum atomic E-state index is 12.0. The van der Waals surface area contributed by atoms with Gasteiger partial charge in [-0.15, -0.1) is 0 Å². The van der Waals surface area contributed by atoms with Crippen molar-refractivity contribution >= 4 is 5.91 Å². The second-order valence-corrected chi connectivity index (χ2v) is 4.76. The molecule has 1 heterocycles. The number of hydrogen-bond donors (Lipinski definition) is 1. The van der Waals surface area contributed by atoms with E-state index in [4.69, 9.17) is 0 Å². The molecule has 0 radical (unpaired) electrons. The van der Waals surface area contributed by atoms with Crippen molar-refractivity contribution in [1.82, 2.24) is 10.2 Å². The summed E-state index contributed by atoms with van der Waals surface area (Å²) in [6, 6.07) is 9.48. The Morgan fingerprint density at radius 2 is 2.06 bits per heavy atom. The van der Waals surface area contributed by atoms with E-state index >= 15 is 0 Å². The lowest BCUT2D eigenvalue weighted by Crippen LogP contribution is -2.42. The Bertz CT molecular complexity index is 360. The molecule has 0 atom stereocenters. The molecule has 92 valence electrons. The van der Waals surface area contributed by atoms with Crippen LogP contribution in [-0.2, 0) is 0 Å². The van der Waals surface area contributed by atoms with Crippen LogP contribution in [0.15, 0.2) is 30.3 Å². The van der Waals surface area contributed by atoms with Gasteiger partial charge in [-0.3, -0.25) is 4.79 Å². The fourth-order valence-electron chi connectivity index (χ4n) is 2.07. The Labute approximate surface area is 103 Å². The first-order chi connectivity index (χ1) is 8.27. The first-order valence-corrected chi connectivity index (χ1v) is 6.28. The number of rotatable bonds is 5. The van der Waals surface area contributed by atoms with Crippen molar-refractivity contribution in [3.05, 3.63) is 35.9 Å². The zero-order chi connectivity index (χ0) is 12.1. The van der Waals surface area contributed by atoms with E-state index in [1.54, 1.807) is 0 Å². The molecular formula is C14H20N2O. The zero-order valence-electron chi connectivity index (χ0n) is 10.4. The topological polar surface area (TPSA) is 32.3 Å². The first-order valence-electron chi connectivity index (χ1n) is 6.28. The van der Waals surface area contributed by atoms with Crippen LogP contribution in [0.2, 0.25) is 0 Å². The quantitative estimate of drug-likeness (QED) is 0.839. The van der Waals surface area contributed by atoms with Gasteiger partial charge in [-0.2, -0.15) is 0 Å². The SMILES string of the molecule is CN(CCCC1CNC1)C(=O)c1ccccc1. The highest BCUT2D eigenvalue weighted by Crippen LogP contribution is 2.12. The van der Waals surface area contributed by atoms with Gasteiger partial charge in [0.15, 0.2) is 0 Å². The molecule has 1 aliphatic heterocycles. The molecule has 0 saturated carbocycles. The standard InChI is InChI=1S/C14H20N2O/c1-16(9-5-6-12-10-15-11-12)14(17)13-7-3-2-4-8-13/h2-4,7-8,12,15H,5-6,9-11H2,1H3. The van der Waals surface area contributed by atoms with E-state index in [9.17, 15) is 4.79 Å². The smallest absolute Gasteiger partial charge is 0.253 e. The Kier molecular flexibility index (Phi) is 4.15. The molecule has 2 rings (SSSR count). The lowest BCUT2D eigenvalue weighted by molar-refractivity contribution is 0.0789. The van der Waals surface area contributed by atoms with E-state index in [-0.39, 0.29) is 5.91 Å². The van der Waals surface area contributed by atoms with E-state index in [0.29, 0.717) is 0 Å². The fraction of sp³-hybridized carbons (Fsp3) is 0.500. The van der Waals surface area contributed by atoms with Crippen molar-refractivity contribution in [1.29, 1.82) is 0 Å². The van der Waals surface area contributed by atoms with Gasteiger partial charge in [0.25, 0.3) is 5.91 Å². The average Bonchev–Trinajstić information content (AvgIpc) is 2.32. The molecule has 3 heteroatoms. The molecule has 0 unspecified atom stereocenters. The van der Waals surface area contributed by atoms with E-state index in [1.807, 2.05) is 42.3 Å². The predicted octanol–water partition coefficient (Wildman–Crippen LogP) is 1.76. The molecule has 0 aliphatic carbocycles. The number of nitrogens with one attached hydrogen (secondary N) is 1. The van der Waals surface area contributed by atoms with Crippen molar-refractivity contribution in [2.75, 3.05) is 26.7 Å². The Hall–Kier alpha value is -1.35. The van der Waals surface area contributed by atoms with Crippen LogP contribution in [0.4, 0.5) is 0 Å². The second kappa shape index (κ2) is 5.82. The van der Waals surface area contributed by atoms with Crippen LogP contribution in [0.3, 0.4) is 0 Å². The van der Waals surface area contributed by atoms with Crippen LogP contribution in [0.25, 0.3) is 0 Å². The van der Waals surface area contributed by atoms with E-state index in [2.05, 4.69) is 5.32 Å². The maximum Gasteiger partial charge on any atom is 0.253 e. The van der Waals surface area contributed by atoms with Crippen LogP contribution in [0, 0.1) is 5.92 Å². The minimum Gasteiger partial charge on any atom is -0.342 e. The van der Waals surface area contributed by atoms with Gasteiger partial charge < -0.3 is 10.2 Å². The monoisotopic (exact) mass is 232 g/mol. The molecule has 1 aromatic rings. The molecule has 0 spiro atoms. The lowest BCUT2D eigenvalue weighted by Gasteiger charge is -2.27. The van der Waals surface area contributed by atoms with Crippen molar-refractivity contribution < 1.29 is 4.79 Å². The number of amides is 1. The summed E-state index contributed by atoms with van der Waals surface area (Å²) in [5, 5.41) is 3.27. The molecule has 1 amide bonds. The van der Waals surface area contributed by atoms with Crippen molar-refractivity contribution in [3.63, 3.8) is 0 Å². The van der Waals surface area contributed by atoms with Gasteiger partial charge in [0.1, 0.15) is 0 Å². The lowest BCUT2D eigenvalue weighted by atomic mass is 9.97. The van der Waals surface area contributed by atoms with Gasteiger partial charge in [-0.1, -0.05) is 18.2 Å². The van der Waals surface area contributed by atoms with Crippen LogP contribution in [0.1, 0.15) is 23.2 Å². The summed E-state index contributed by atoms with van der Waals surface area (Å²) in [6.07, 6.45) is 2.32. The number of benzene rings is 1. The third-order valence-electron chi connectivity index (χ3n) is 3.34. The molecule has 1 aliphatic rings. The number of hydrogen-bond acceptors (Lipinski definition) is 2. The largest absolute Gasteiger partial charge is 0.342 e. The Morgan fingerprint density at radius 3 is 2.65 bits per heavy atom. The first kappa shape index (κ1) is 12.1. The molecule has 1 fully saturated rings. The van der Waals surface area contributed by atoms with Crippen LogP contribution >= 0.6 is 0 Å². The summed E-state index contributed by atoms with van der Waals surface area (Å²) in [5.74, 6) is 0.951. The Balaban J connectivity index is 1.75. The van der Waals surface area contributed by atoms with E-state index in [1.165, 1.54) is 6.42 Å². The third-order valence-corrected chi connectivity index (χ3v) is 3.34. The molecule has 1 saturated heterocycles. The average molecular weight is 232 g/mol. The van der Waals surface area contributed by atoms with Crippen LogP contribution in [0.5, 0.6) is 0 Å². The van der Waals surface area contributed by atoms with Crippen LogP contribution in [-0.4, -0.2) is 37.5 Å². The molecule has 0 aromatic heterocycles. The minimum atomic E-state index is 0.123. The van der Waals surface area contributed by atoms with Gasteiger partial charge >= 0.3 is 0 Å². The second-order valence-electron chi connectivity index (χ2n) is 4.76. The number of carbonyl (C=O) groups is 1. The molecule has 17 heavy (non-hydrogen) atoms. The number of carbonyl (C=O) groups excluding carboxylic acids is 1. The van der Waals surface area contributed by atoms with E-state index in [0.717, 1.165) is 37.5 Å². The summed E-state index contributed by atoms with van der Waals surface area (Å²) in [5.41, 5.74) is 0.778. The van der Waals surface area contributed by atoms with Crippen molar-refractivity contribution in [2.45, 2.75) is 12.8 Å². The van der Waals surface area contributed by atoms with Gasteiger partial charge in [-0.05, 0) is 44.0 Å². The highest BCUT2D eigenvalue weighted by atomic mass is 16.2. The molecule has 1 N–H and O–H groups in total. The summed E-state index contributed by atoms with van der Waals surface area (Å²) < 4.78 is 0. The van der Waals surface area contributed by atoms with E-state index < -0.39 is 0 Å². The normalized spacial score (nSPS) is 15.4. The summed E-state index contributed by atoms with van der Waals surface area (Å²) in [7, 11) is 1.88. The molecular weight excluding hydrogens is 212 g/mol.